The molecule has 58 valence electrons. The lowest BCUT2D eigenvalue weighted by Gasteiger charge is -2.06. The fourth-order valence-corrected chi connectivity index (χ4v) is 0.468. The summed E-state index contributed by atoms with van der Waals surface area (Å²) in [5.74, 6) is -0.0856. The Morgan fingerprint density at radius 1 is 1.50 bits per heavy atom. The normalized spacial score (nSPS) is 11.9. The molecule has 0 aromatic heterocycles. The van der Waals surface area contributed by atoms with E-state index in [1.165, 1.54) is 0 Å². The van der Waals surface area contributed by atoms with E-state index >= 15 is 0 Å². The minimum absolute atomic E-state index is 0.0856. The molecule has 1 N–H and O–H groups in total. The molecule has 0 aliphatic heterocycles. The van der Waals surface area contributed by atoms with Crippen LogP contribution in [0, 0.1) is 0 Å². The zero-order valence-corrected chi connectivity index (χ0v) is 6.93. The topological polar surface area (TPSA) is 41.5 Å². The van der Waals surface area contributed by atoms with E-state index in [0.717, 1.165) is 0 Å². The number of nitrogens with one attached hydrogen (secondary N) is 1. The van der Waals surface area contributed by atoms with Crippen LogP contribution in [-0.4, -0.2) is 24.7 Å². The highest BCUT2D eigenvalue weighted by molar-refractivity contribution is 6.37. The highest BCUT2D eigenvalue weighted by Gasteiger charge is 2.04. The SMILES string of the molecule is CN=C(C)C(=O)NC(C)C. The standard InChI is InChI=1S/C7H14N2O/c1-5(2)9-7(10)6(3)8-4/h5H,1-4H3,(H,9,10). The van der Waals surface area contributed by atoms with Crippen molar-refractivity contribution in [3.8, 4) is 0 Å². The van der Waals surface area contributed by atoms with Gasteiger partial charge in [0.25, 0.3) is 5.91 Å². The Labute approximate surface area is 61.5 Å². The monoisotopic (exact) mass is 142 g/mol. The molecular formula is C7H14N2O. The Morgan fingerprint density at radius 2 is 2.00 bits per heavy atom. The summed E-state index contributed by atoms with van der Waals surface area (Å²) in [4.78, 5) is 14.7. The number of hydrogen-bond donors (Lipinski definition) is 1. The number of nitrogens with zero attached hydrogens (tertiary/aromatic N) is 1. The summed E-state index contributed by atoms with van der Waals surface area (Å²) in [6.45, 7) is 5.53. The summed E-state index contributed by atoms with van der Waals surface area (Å²) in [5.41, 5.74) is 0.522. The molecule has 0 unspecified atom stereocenters. The van der Waals surface area contributed by atoms with Gasteiger partial charge in [-0.1, -0.05) is 0 Å². The molecule has 0 rings (SSSR count). The van der Waals surface area contributed by atoms with Gasteiger partial charge in [-0.05, 0) is 20.8 Å². The van der Waals surface area contributed by atoms with Gasteiger partial charge in [-0.2, -0.15) is 0 Å². The van der Waals surface area contributed by atoms with Gasteiger partial charge in [0.05, 0.1) is 5.71 Å². The van der Waals surface area contributed by atoms with Crippen molar-refractivity contribution in [1.29, 1.82) is 0 Å². The molecule has 0 aliphatic rings. The molecule has 0 atom stereocenters. The zero-order chi connectivity index (χ0) is 8.15. The van der Waals surface area contributed by atoms with Gasteiger partial charge in [0, 0.05) is 13.1 Å². The van der Waals surface area contributed by atoms with Crippen LogP contribution in [0.5, 0.6) is 0 Å². The van der Waals surface area contributed by atoms with E-state index in [1.54, 1.807) is 14.0 Å². The summed E-state index contributed by atoms with van der Waals surface area (Å²) >= 11 is 0. The maximum absolute atomic E-state index is 10.9. The van der Waals surface area contributed by atoms with E-state index in [-0.39, 0.29) is 11.9 Å². The fourth-order valence-electron chi connectivity index (χ4n) is 0.468. The first kappa shape index (κ1) is 9.14. The number of amides is 1. The summed E-state index contributed by atoms with van der Waals surface area (Å²) in [6.07, 6.45) is 0. The van der Waals surface area contributed by atoms with Gasteiger partial charge in [0.1, 0.15) is 0 Å². The molecule has 1 amide bonds. The first-order valence-corrected chi connectivity index (χ1v) is 3.32. The van der Waals surface area contributed by atoms with Gasteiger partial charge in [-0.25, -0.2) is 0 Å². The summed E-state index contributed by atoms with van der Waals surface area (Å²) < 4.78 is 0. The van der Waals surface area contributed by atoms with Crippen LogP contribution < -0.4 is 5.32 Å². The average molecular weight is 142 g/mol. The lowest BCUT2D eigenvalue weighted by Crippen LogP contribution is -2.34. The summed E-state index contributed by atoms with van der Waals surface area (Å²) in [5, 5.41) is 2.72. The molecule has 0 aromatic rings. The number of carbonyl (C=O) groups excluding carboxylic acids is 1. The molecule has 3 nitrogen and oxygen atoms in total. The van der Waals surface area contributed by atoms with Crippen LogP contribution in [0.4, 0.5) is 0 Å². The van der Waals surface area contributed by atoms with Crippen molar-refractivity contribution in [2.75, 3.05) is 7.05 Å². The fraction of sp³-hybridized carbons (Fsp3) is 0.714. The van der Waals surface area contributed by atoms with Gasteiger partial charge in [0.2, 0.25) is 0 Å². The van der Waals surface area contributed by atoms with E-state index in [4.69, 9.17) is 0 Å². The van der Waals surface area contributed by atoms with E-state index < -0.39 is 0 Å². The molecule has 0 saturated heterocycles. The third-order valence-electron chi connectivity index (χ3n) is 1.08. The van der Waals surface area contributed by atoms with Gasteiger partial charge in [0.15, 0.2) is 0 Å². The van der Waals surface area contributed by atoms with Crippen LogP contribution in [0.1, 0.15) is 20.8 Å². The van der Waals surface area contributed by atoms with Crippen molar-refractivity contribution in [2.45, 2.75) is 26.8 Å². The number of aliphatic imine (C=N–C) groups is 1. The van der Waals surface area contributed by atoms with Crippen molar-refractivity contribution in [1.82, 2.24) is 5.32 Å². The number of carbonyl (C=O) groups is 1. The average Bonchev–Trinajstić information content (AvgIpc) is 1.85. The van der Waals surface area contributed by atoms with Crippen LogP contribution in [0.25, 0.3) is 0 Å². The number of hydrogen-bond acceptors (Lipinski definition) is 2. The van der Waals surface area contributed by atoms with E-state index in [9.17, 15) is 4.79 Å². The van der Waals surface area contributed by atoms with Crippen LogP contribution in [0.15, 0.2) is 4.99 Å². The molecule has 0 heterocycles. The predicted octanol–water partition coefficient (Wildman–Crippen LogP) is 0.602. The van der Waals surface area contributed by atoms with Crippen molar-refractivity contribution >= 4 is 11.6 Å². The van der Waals surface area contributed by atoms with Crippen molar-refractivity contribution in [3.63, 3.8) is 0 Å². The Hall–Kier alpha value is -0.860. The molecule has 10 heavy (non-hydrogen) atoms. The molecule has 0 aliphatic carbocycles. The smallest absolute Gasteiger partial charge is 0.265 e. The lowest BCUT2D eigenvalue weighted by atomic mass is 10.3. The Kier molecular flexibility index (Phi) is 3.69. The molecule has 0 aromatic carbocycles. The second kappa shape index (κ2) is 4.04. The van der Waals surface area contributed by atoms with Crippen LogP contribution >= 0.6 is 0 Å². The van der Waals surface area contributed by atoms with Gasteiger partial charge >= 0.3 is 0 Å². The van der Waals surface area contributed by atoms with Crippen LogP contribution in [-0.2, 0) is 4.79 Å². The molecule has 0 radical (unpaired) electrons. The van der Waals surface area contributed by atoms with Crippen molar-refractivity contribution in [3.05, 3.63) is 0 Å². The van der Waals surface area contributed by atoms with Crippen LogP contribution in [0.3, 0.4) is 0 Å². The molecule has 0 fully saturated rings. The largest absolute Gasteiger partial charge is 0.349 e. The second-order valence-corrected chi connectivity index (χ2v) is 2.44. The maximum atomic E-state index is 10.9. The molecule has 0 saturated carbocycles. The third-order valence-corrected chi connectivity index (χ3v) is 1.08. The lowest BCUT2D eigenvalue weighted by molar-refractivity contribution is -0.115. The van der Waals surface area contributed by atoms with Gasteiger partial charge in [-0.15, -0.1) is 0 Å². The van der Waals surface area contributed by atoms with Crippen molar-refractivity contribution in [2.24, 2.45) is 4.99 Å². The van der Waals surface area contributed by atoms with Gasteiger partial charge < -0.3 is 5.32 Å². The minimum Gasteiger partial charge on any atom is -0.349 e. The third kappa shape index (κ3) is 3.22. The van der Waals surface area contributed by atoms with E-state index in [2.05, 4.69) is 10.3 Å². The first-order valence-electron chi connectivity index (χ1n) is 3.32. The molecule has 3 heteroatoms. The van der Waals surface area contributed by atoms with Crippen molar-refractivity contribution < 1.29 is 4.79 Å². The van der Waals surface area contributed by atoms with E-state index in [0.29, 0.717) is 5.71 Å². The predicted molar refractivity (Wildman–Crippen MR) is 42.3 cm³/mol. The second-order valence-electron chi connectivity index (χ2n) is 2.44. The highest BCUT2D eigenvalue weighted by atomic mass is 16.1. The number of rotatable bonds is 2. The quantitative estimate of drug-likeness (QED) is 0.564. The highest BCUT2D eigenvalue weighted by Crippen LogP contribution is 1.80. The molecule has 0 bridgehead atoms. The Bertz CT molecular complexity index is 150. The zero-order valence-electron chi connectivity index (χ0n) is 6.93. The minimum atomic E-state index is -0.0856. The molecule has 0 spiro atoms. The summed E-state index contributed by atoms with van der Waals surface area (Å²) in [7, 11) is 1.61. The first-order chi connectivity index (χ1) is 4.57. The molecular weight excluding hydrogens is 128 g/mol. The summed E-state index contributed by atoms with van der Waals surface area (Å²) in [6, 6.07) is 0.184. The van der Waals surface area contributed by atoms with Gasteiger partial charge in [-0.3, -0.25) is 9.79 Å². The van der Waals surface area contributed by atoms with E-state index in [1.807, 2.05) is 13.8 Å². The Balaban J connectivity index is 3.86. The maximum Gasteiger partial charge on any atom is 0.265 e. The Morgan fingerprint density at radius 3 is 2.30 bits per heavy atom. The van der Waals surface area contributed by atoms with Crippen LogP contribution in [0.2, 0.25) is 0 Å².